The molecule has 1 aliphatic carbocycles. The van der Waals surface area contributed by atoms with Crippen molar-refractivity contribution in [3.63, 3.8) is 0 Å². The van der Waals surface area contributed by atoms with Crippen LogP contribution < -0.4 is 10.5 Å². The van der Waals surface area contributed by atoms with Crippen LogP contribution in [0, 0.1) is 5.92 Å². The van der Waals surface area contributed by atoms with Gasteiger partial charge in [-0.25, -0.2) is 0 Å². The average molecular weight is 248 g/mol. The lowest BCUT2D eigenvalue weighted by Crippen LogP contribution is -2.29. The van der Waals surface area contributed by atoms with Gasteiger partial charge in [0.2, 0.25) is 0 Å². The van der Waals surface area contributed by atoms with Crippen LogP contribution in [0.1, 0.15) is 32.3 Å². The molecular weight excluding hydrogens is 224 g/mol. The van der Waals surface area contributed by atoms with E-state index in [0.717, 1.165) is 30.6 Å². The lowest BCUT2D eigenvalue weighted by atomic mass is 10.1. The molecule has 1 aliphatic rings. The fourth-order valence-electron chi connectivity index (χ4n) is 2.39. The Morgan fingerprint density at radius 2 is 2.11 bits per heavy atom. The molecule has 0 bridgehead atoms. The van der Waals surface area contributed by atoms with E-state index < -0.39 is 0 Å². The summed E-state index contributed by atoms with van der Waals surface area (Å²) in [6.45, 7) is 6.62. The van der Waals surface area contributed by atoms with Gasteiger partial charge in [-0.15, -0.1) is 0 Å². The third-order valence-corrected chi connectivity index (χ3v) is 3.34. The normalized spacial score (nSPS) is 15.4. The predicted octanol–water partition coefficient (Wildman–Crippen LogP) is 2.90. The molecule has 1 fully saturated rings. The minimum Gasteiger partial charge on any atom is -0.496 e. The van der Waals surface area contributed by atoms with Crippen molar-refractivity contribution in [2.75, 3.05) is 19.4 Å². The van der Waals surface area contributed by atoms with Crippen LogP contribution in [0.15, 0.2) is 18.2 Å². The molecule has 2 N–H and O–H groups in total. The molecule has 0 saturated heterocycles. The van der Waals surface area contributed by atoms with Crippen LogP contribution in [0.25, 0.3) is 0 Å². The van der Waals surface area contributed by atoms with Gasteiger partial charge in [-0.05, 0) is 37.0 Å². The molecule has 3 nitrogen and oxygen atoms in total. The third-order valence-electron chi connectivity index (χ3n) is 3.34. The van der Waals surface area contributed by atoms with Gasteiger partial charge in [0.25, 0.3) is 0 Å². The molecule has 100 valence electrons. The van der Waals surface area contributed by atoms with Crippen molar-refractivity contribution in [2.24, 2.45) is 5.92 Å². The maximum absolute atomic E-state index is 5.88. The summed E-state index contributed by atoms with van der Waals surface area (Å²) in [5, 5.41) is 0. The summed E-state index contributed by atoms with van der Waals surface area (Å²) < 4.78 is 5.42. The van der Waals surface area contributed by atoms with Crippen molar-refractivity contribution in [3.05, 3.63) is 23.8 Å². The zero-order chi connectivity index (χ0) is 13.1. The number of hydrogen-bond acceptors (Lipinski definition) is 3. The van der Waals surface area contributed by atoms with Crippen LogP contribution >= 0.6 is 0 Å². The van der Waals surface area contributed by atoms with Gasteiger partial charge in [0.1, 0.15) is 5.75 Å². The maximum Gasteiger partial charge on any atom is 0.123 e. The first-order valence-electron chi connectivity index (χ1n) is 6.76. The lowest BCUT2D eigenvalue weighted by Gasteiger charge is -2.25. The molecule has 0 spiro atoms. The molecule has 1 aromatic rings. The standard InChI is InChI=1S/C15H24N2O/c1-11(2)9-17(14-5-6-14)10-12-8-13(16)4-7-15(12)18-3/h4,7-8,11,14H,5-6,9-10,16H2,1-3H3. The van der Waals surface area contributed by atoms with Gasteiger partial charge in [0, 0.05) is 30.4 Å². The fraction of sp³-hybridized carbons (Fsp3) is 0.600. The van der Waals surface area contributed by atoms with E-state index in [2.05, 4.69) is 18.7 Å². The molecule has 1 saturated carbocycles. The summed E-state index contributed by atoms with van der Waals surface area (Å²) in [6, 6.07) is 6.66. The molecular formula is C15H24N2O. The summed E-state index contributed by atoms with van der Waals surface area (Å²) >= 11 is 0. The Morgan fingerprint density at radius 1 is 1.39 bits per heavy atom. The highest BCUT2D eigenvalue weighted by Gasteiger charge is 2.29. The van der Waals surface area contributed by atoms with Crippen molar-refractivity contribution < 1.29 is 4.74 Å². The lowest BCUT2D eigenvalue weighted by molar-refractivity contribution is 0.223. The number of rotatable bonds is 6. The minimum absolute atomic E-state index is 0.692. The molecule has 0 aromatic heterocycles. The number of nitrogen functional groups attached to an aromatic ring is 1. The number of ether oxygens (including phenoxy) is 1. The highest BCUT2D eigenvalue weighted by atomic mass is 16.5. The van der Waals surface area contributed by atoms with E-state index >= 15 is 0 Å². The molecule has 0 heterocycles. The first-order chi connectivity index (χ1) is 8.60. The molecule has 0 aliphatic heterocycles. The van der Waals surface area contributed by atoms with E-state index in [0.29, 0.717) is 5.92 Å². The Balaban J connectivity index is 2.12. The first-order valence-corrected chi connectivity index (χ1v) is 6.76. The third kappa shape index (κ3) is 3.39. The van der Waals surface area contributed by atoms with Crippen LogP contribution in [-0.4, -0.2) is 24.6 Å². The molecule has 0 atom stereocenters. The monoisotopic (exact) mass is 248 g/mol. The highest BCUT2D eigenvalue weighted by Crippen LogP contribution is 2.31. The van der Waals surface area contributed by atoms with E-state index in [-0.39, 0.29) is 0 Å². The van der Waals surface area contributed by atoms with Gasteiger partial charge >= 0.3 is 0 Å². The number of nitrogens with zero attached hydrogens (tertiary/aromatic N) is 1. The van der Waals surface area contributed by atoms with E-state index in [4.69, 9.17) is 10.5 Å². The second-order valence-corrected chi connectivity index (χ2v) is 5.63. The summed E-state index contributed by atoms with van der Waals surface area (Å²) in [6.07, 6.45) is 2.66. The van der Waals surface area contributed by atoms with Crippen molar-refractivity contribution in [1.29, 1.82) is 0 Å². The Kier molecular flexibility index (Phi) is 4.12. The number of anilines is 1. The Bertz CT molecular complexity index is 399. The zero-order valence-corrected chi connectivity index (χ0v) is 11.6. The van der Waals surface area contributed by atoms with Gasteiger partial charge in [-0.3, -0.25) is 4.90 Å². The smallest absolute Gasteiger partial charge is 0.123 e. The van der Waals surface area contributed by atoms with E-state index in [9.17, 15) is 0 Å². The van der Waals surface area contributed by atoms with Gasteiger partial charge in [0.15, 0.2) is 0 Å². The van der Waals surface area contributed by atoms with Crippen LogP contribution in [0.4, 0.5) is 5.69 Å². The molecule has 18 heavy (non-hydrogen) atoms. The number of benzene rings is 1. The van der Waals surface area contributed by atoms with Crippen molar-refractivity contribution >= 4 is 5.69 Å². The topological polar surface area (TPSA) is 38.5 Å². The Labute approximate surface area is 110 Å². The van der Waals surface area contributed by atoms with E-state index in [1.54, 1.807) is 7.11 Å². The molecule has 2 rings (SSSR count). The summed E-state index contributed by atoms with van der Waals surface area (Å²) in [5.74, 6) is 1.64. The van der Waals surface area contributed by atoms with Crippen LogP contribution in [0.3, 0.4) is 0 Å². The maximum atomic E-state index is 5.88. The highest BCUT2D eigenvalue weighted by molar-refractivity contribution is 5.47. The Morgan fingerprint density at radius 3 is 2.67 bits per heavy atom. The van der Waals surface area contributed by atoms with Gasteiger partial charge in [-0.2, -0.15) is 0 Å². The molecule has 1 aromatic carbocycles. The predicted molar refractivity (Wildman–Crippen MR) is 75.7 cm³/mol. The summed E-state index contributed by atoms with van der Waals surface area (Å²) in [4.78, 5) is 2.56. The van der Waals surface area contributed by atoms with Gasteiger partial charge in [-0.1, -0.05) is 13.8 Å². The van der Waals surface area contributed by atoms with Crippen molar-refractivity contribution in [1.82, 2.24) is 4.90 Å². The van der Waals surface area contributed by atoms with Crippen LogP contribution in [0.2, 0.25) is 0 Å². The second-order valence-electron chi connectivity index (χ2n) is 5.63. The van der Waals surface area contributed by atoms with E-state index in [1.165, 1.54) is 18.4 Å². The quantitative estimate of drug-likeness (QED) is 0.787. The largest absolute Gasteiger partial charge is 0.496 e. The molecule has 0 radical (unpaired) electrons. The van der Waals surface area contributed by atoms with Gasteiger partial charge < -0.3 is 10.5 Å². The fourth-order valence-corrected chi connectivity index (χ4v) is 2.39. The summed E-state index contributed by atoms with van der Waals surface area (Å²) in [7, 11) is 1.72. The minimum atomic E-state index is 0.692. The van der Waals surface area contributed by atoms with Crippen LogP contribution in [-0.2, 0) is 6.54 Å². The van der Waals surface area contributed by atoms with E-state index in [1.807, 2.05) is 18.2 Å². The number of nitrogens with two attached hydrogens (primary N) is 1. The number of hydrogen-bond donors (Lipinski definition) is 1. The SMILES string of the molecule is COc1ccc(N)cc1CN(CC(C)C)C1CC1. The zero-order valence-electron chi connectivity index (χ0n) is 11.6. The molecule has 0 unspecified atom stereocenters. The van der Waals surface area contributed by atoms with Gasteiger partial charge in [0.05, 0.1) is 7.11 Å². The summed E-state index contributed by atoms with van der Waals surface area (Å²) in [5.41, 5.74) is 7.89. The van der Waals surface area contributed by atoms with Crippen molar-refractivity contribution in [3.8, 4) is 5.75 Å². The van der Waals surface area contributed by atoms with Crippen molar-refractivity contribution in [2.45, 2.75) is 39.3 Å². The van der Waals surface area contributed by atoms with Crippen LogP contribution in [0.5, 0.6) is 5.75 Å². The first kappa shape index (κ1) is 13.2. The number of methoxy groups -OCH3 is 1. The molecule has 3 heteroatoms. The Hall–Kier alpha value is -1.22. The molecule has 0 amide bonds. The average Bonchev–Trinajstić information content (AvgIpc) is 3.11. The second kappa shape index (κ2) is 5.61.